The number of aliphatic hydroxyl groups excluding tert-OH is 1. The van der Waals surface area contributed by atoms with Crippen molar-refractivity contribution in [1.29, 1.82) is 0 Å². The first-order valence-corrected chi connectivity index (χ1v) is 11.3. The Morgan fingerprint density at radius 1 is 1.25 bits per heavy atom. The van der Waals surface area contributed by atoms with Crippen LogP contribution in [0.4, 0.5) is 9.18 Å². The van der Waals surface area contributed by atoms with E-state index in [0.29, 0.717) is 12.8 Å². The summed E-state index contributed by atoms with van der Waals surface area (Å²) in [5.41, 5.74) is -2.10. The van der Waals surface area contributed by atoms with Crippen molar-refractivity contribution in [2.24, 2.45) is 28.6 Å². The number of carbonyl (C=O) groups is 3. The van der Waals surface area contributed by atoms with Crippen LogP contribution in [0.15, 0.2) is 23.8 Å². The van der Waals surface area contributed by atoms with Gasteiger partial charge in [-0.2, -0.15) is 0 Å². The Balaban J connectivity index is 1.73. The van der Waals surface area contributed by atoms with Gasteiger partial charge < -0.3 is 19.3 Å². The molecule has 0 amide bonds. The highest BCUT2D eigenvalue weighted by molar-refractivity contribution is 6.01. The van der Waals surface area contributed by atoms with Gasteiger partial charge in [-0.1, -0.05) is 25.5 Å². The van der Waals surface area contributed by atoms with Gasteiger partial charge in [-0.25, -0.2) is 14.0 Å². The summed E-state index contributed by atoms with van der Waals surface area (Å²) >= 11 is 0. The van der Waals surface area contributed by atoms with Crippen molar-refractivity contribution in [3.8, 4) is 0 Å². The van der Waals surface area contributed by atoms with E-state index in [-0.39, 0.29) is 43.0 Å². The number of fused-ring (bicyclic) bond motifs is 5. The third-order valence-electron chi connectivity index (χ3n) is 8.65. The van der Waals surface area contributed by atoms with Crippen LogP contribution in [-0.2, 0) is 23.8 Å². The lowest BCUT2D eigenvalue weighted by atomic mass is 9.46. The molecule has 0 aromatic carbocycles. The molecule has 1 N–H and O–H groups in total. The van der Waals surface area contributed by atoms with E-state index < -0.39 is 41.5 Å². The molecule has 3 saturated carbocycles. The first-order valence-electron chi connectivity index (χ1n) is 11.3. The van der Waals surface area contributed by atoms with E-state index in [0.717, 1.165) is 12.0 Å². The number of ether oxygens (including phenoxy) is 3. The zero-order chi connectivity index (χ0) is 23.3. The summed E-state index contributed by atoms with van der Waals surface area (Å²) in [4.78, 5) is 37.3. The van der Waals surface area contributed by atoms with Crippen molar-refractivity contribution in [2.45, 2.75) is 64.6 Å². The minimum atomic E-state index is -1.72. The van der Waals surface area contributed by atoms with Crippen LogP contribution < -0.4 is 0 Å². The molecule has 0 bridgehead atoms. The van der Waals surface area contributed by atoms with Crippen LogP contribution in [0, 0.1) is 28.6 Å². The normalized spacial score (nSPS) is 42.3. The summed E-state index contributed by atoms with van der Waals surface area (Å²) in [6, 6.07) is 0. The minimum Gasteiger partial charge on any atom is -0.435 e. The average molecular weight is 451 g/mol. The van der Waals surface area contributed by atoms with Gasteiger partial charge >= 0.3 is 12.1 Å². The summed E-state index contributed by atoms with van der Waals surface area (Å²) in [7, 11) is 0. The Morgan fingerprint density at radius 2 is 2.00 bits per heavy atom. The van der Waals surface area contributed by atoms with Gasteiger partial charge in [0.2, 0.25) is 12.5 Å². The molecule has 4 aliphatic carbocycles. The summed E-state index contributed by atoms with van der Waals surface area (Å²) < 4.78 is 28.3. The Bertz CT molecular complexity index is 882. The number of esters is 1. The number of ketones is 1. The van der Waals surface area contributed by atoms with Crippen LogP contribution in [0.1, 0.15) is 52.9 Å². The minimum absolute atomic E-state index is 0.0367. The Labute approximate surface area is 187 Å². The van der Waals surface area contributed by atoms with E-state index in [9.17, 15) is 23.9 Å². The molecule has 8 heteroatoms. The van der Waals surface area contributed by atoms with E-state index in [2.05, 4.69) is 6.92 Å². The first kappa shape index (κ1) is 23.0. The van der Waals surface area contributed by atoms with Crippen LogP contribution >= 0.6 is 0 Å². The maximum atomic E-state index is 13.0. The van der Waals surface area contributed by atoms with E-state index in [1.54, 1.807) is 19.1 Å². The predicted octanol–water partition coefficient (Wildman–Crippen LogP) is 3.65. The maximum absolute atomic E-state index is 13.0. The van der Waals surface area contributed by atoms with Crippen LogP contribution in [0.2, 0.25) is 0 Å². The predicted molar refractivity (Wildman–Crippen MR) is 111 cm³/mol. The number of hydrogen-bond donors (Lipinski definition) is 1. The second kappa shape index (κ2) is 7.97. The van der Waals surface area contributed by atoms with Gasteiger partial charge in [0.25, 0.3) is 0 Å². The number of rotatable bonds is 4. The second-order valence-electron chi connectivity index (χ2n) is 9.90. The van der Waals surface area contributed by atoms with Crippen molar-refractivity contribution in [2.75, 3.05) is 13.5 Å². The Kier molecular flexibility index (Phi) is 5.72. The number of carbonyl (C=O) groups excluding carboxylic acids is 3. The van der Waals surface area contributed by atoms with Crippen molar-refractivity contribution in [1.82, 2.24) is 0 Å². The van der Waals surface area contributed by atoms with Crippen LogP contribution in [-0.4, -0.2) is 48.2 Å². The molecule has 0 aromatic rings. The van der Waals surface area contributed by atoms with Crippen molar-refractivity contribution < 1.29 is 38.1 Å². The van der Waals surface area contributed by atoms with Gasteiger partial charge in [-0.15, -0.1) is 0 Å². The third kappa shape index (κ3) is 3.13. The molecule has 7 atom stereocenters. The Morgan fingerprint density at radius 3 is 2.69 bits per heavy atom. The molecular formula is C24H31FO7. The SMILES string of the molecule is CCOC(=O)O[C@]1(C(=O)OCF)CC[C@H]2[C@@H]3CCC4=CC(=O)C=C[C@]4(C)[C@H]3[C@@H](O)C[C@@]21C. The van der Waals surface area contributed by atoms with Crippen LogP contribution in [0.5, 0.6) is 0 Å². The summed E-state index contributed by atoms with van der Waals surface area (Å²) in [6.45, 7) is 4.25. The van der Waals surface area contributed by atoms with Crippen molar-refractivity contribution in [3.05, 3.63) is 23.8 Å². The molecule has 0 radical (unpaired) electrons. The lowest BCUT2D eigenvalue weighted by molar-refractivity contribution is -0.204. The quantitative estimate of drug-likeness (QED) is 0.653. The average Bonchev–Trinajstić information content (AvgIpc) is 3.01. The topological polar surface area (TPSA) is 99.1 Å². The molecule has 0 spiro atoms. The fraction of sp³-hybridized carbons (Fsp3) is 0.708. The van der Waals surface area contributed by atoms with Gasteiger partial charge in [0.05, 0.1) is 12.7 Å². The largest absolute Gasteiger partial charge is 0.509 e. The van der Waals surface area contributed by atoms with E-state index in [1.165, 1.54) is 0 Å². The summed E-state index contributed by atoms with van der Waals surface area (Å²) in [5, 5.41) is 11.4. The fourth-order valence-electron chi connectivity index (χ4n) is 7.31. The van der Waals surface area contributed by atoms with Gasteiger partial charge in [0, 0.05) is 16.7 Å². The molecule has 7 nitrogen and oxygen atoms in total. The summed E-state index contributed by atoms with van der Waals surface area (Å²) in [5.74, 6) is -1.13. The fourth-order valence-corrected chi connectivity index (χ4v) is 7.31. The molecule has 32 heavy (non-hydrogen) atoms. The highest BCUT2D eigenvalue weighted by atomic mass is 19.1. The molecule has 176 valence electrons. The number of halogens is 1. The van der Waals surface area contributed by atoms with E-state index in [1.807, 2.05) is 13.0 Å². The third-order valence-corrected chi connectivity index (χ3v) is 8.65. The molecule has 3 fully saturated rings. The van der Waals surface area contributed by atoms with Crippen LogP contribution in [0.25, 0.3) is 0 Å². The standard InChI is InChI=1S/C24H31FO7/c1-4-30-21(29)32-24(20(28)31-13-25)10-8-17-16-6-5-14-11-15(26)7-9-22(14,2)19(16)18(27)12-23(17,24)3/h7,9,11,16-19,27H,4-6,8,10,12-13H2,1-3H3/t16-,17-,18-,19+,22-,23-,24-/m0/s1. The molecular weight excluding hydrogens is 419 g/mol. The second-order valence-corrected chi connectivity index (χ2v) is 9.90. The molecule has 0 aliphatic heterocycles. The molecule has 0 aromatic heterocycles. The monoisotopic (exact) mass is 450 g/mol. The zero-order valence-electron chi connectivity index (χ0n) is 18.8. The molecule has 4 aliphatic rings. The van der Waals surface area contributed by atoms with E-state index in [4.69, 9.17) is 14.2 Å². The molecule has 0 unspecified atom stereocenters. The Hall–Kier alpha value is -2.22. The molecule has 0 saturated heterocycles. The van der Waals surface area contributed by atoms with Crippen molar-refractivity contribution in [3.63, 3.8) is 0 Å². The van der Waals surface area contributed by atoms with Crippen molar-refractivity contribution >= 4 is 17.9 Å². The lowest BCUT2D eigenvalue weighted by Crippen LogP contribution is -2.62. The smallest absolute Gasteiger partial charge is 0.435 e. The number of aliphatic hydroxyl groups is 1. The van der Waals surface area contributed by atoms with Crippen LogP contribution in [0.3, 0.4) is 0 Å². The zero-order valence-corrected chi connectivity index (χ0v) is 18.8. The van der Waals surface area contributed by atoms with Gasteiger partial charge in [0.15, 0.2) is 5.78 Å². The number of alkyl halides is 1. The summed E-state index contributed by atoms with van der Waals surface area (Å²) in [6.07, 6.45) is 5.73. The van der Waals surface area contributed by atoms with Gasteiger partial charge in [-0.3, -0.25) is 4.79 Å². The number of hydrogen-bond acceptors (Lipinski definition) is 7. The first-order chi connectivity index (χ1) is 15.1. The van der Waals surface area contributed by atoms with Gasteiger partial charge in [-0.05, 0) is 63.0 Å². The maximum Gasteiger partial charge on any atom is 0.509 e. The molecule has 4 rings (SSSR count). The van der Waals surface area contributed by atoms with Gasteiger partial charge in [0.1, 0.15) is 0 Å². The molecule has 0 heterocycles. The highest BCUT2D eigenvalue weighted by Gasteiger charge is 2.71. The van der Waals surface area contributed by atoms with E-state index >= 15 is 0 Å². The highest BCUT2D eigenvalue weighted by Crippen LogP contribution is 2.68. The lowest BCUT2D eigenvalue weighted by Gasteiger charge is -2.59. The number of allylic oxidation sites excluding steroid dienone is 4.